The van der Waals surface area contributed by atoms with Gasteiger partial charge in [0.1, 0.15) is 22.8 Å². The standard InChI is InChI=1S/C32H33N3O5/c1-22-26(21-27(23-10-6-5-7-11-23)35(22)24-12-8-13-25(20-24)38-2)31(36)33-16-18-34(19-17-33)32(37)30-28(39-3)14-9-15-29(30)40-4/h5-15,20-21H,16-19H2,1-4H3. The highest BCUT2D eigenvalue weighted by molar-refractivity contribution is 6.00. The molecule has 0 bridgehead atoms. The molecule has 0 aliphatic carbocycles. The summed E-state index contributed by atoms with van der Waals surface area (Å²) in [6.45, 7) is 3.63. The molecule has 8 heteroatoms. The minimum atomic E-state index is -0.173. The molecular formula is C32H33N3O5. The number of piperazine rings is 1. The monoisotopic (exact) mass is 539 g/mol. The Kier molecular flexibility index (Phi) is 7.77. The molecule has 1 fully saturated rings. The summed E-state index contributed by atoms with van der Waals surface area (Å²) >= 11 is 0. The van der Waals surface area contributed by atoms with Crippen LogP contribution >= 0.6 is 0 Å². The van der Waals surface area contributed by atoms with Crippen LogP contribution in [0.5, 0.6) is 17.2 Å². The van der Waals surface area contributed by atoms with Crippen molar-refractivity contribution in [1.82, 2.24) is 14.4 Å². The fourth-order valence-corrected chi connectivity index (χ4v) is 5.23. The minimum Gasteiger partial charge on any atom is -0.497 e. The summed E-state index contributed by atoms with van der Waals surface area (Å²) in [5.74, 6) is 1.44. The van der Waals surface area contributed by atoms with Crippen LogP contribution in [0.25, 0.3) is 16.9 Å². The maximum atomic E-state index is 13.9. The van der Waals surface area contributed by atoms with E-state index in [1.807, 2.05) is 72.5 Å². The van der Waals surface area contributed by atoms with Gasteiger partial charge < -0.3 is 28.6 Å². The highest BCUT2D eigenvalue weighted by atomic mass is 16.5. The van der Waals surface area contributed by atoms with E-state index in [0.717, 1.165) is 28.4 Å². The molecule has 0 atom stereocenters. The number of hydrogen-bond donors (Lipinski definition) is 0. The number of amides is 2. The molecule has 0 N–H and O–H groups in total. The van der Waals surface area contributed by atoms with Crippen molar-refractivity contribution in [2.75, 3.05) is 47.5 Å². The van der Waals surface area contributed by atoms with E-state index in [1.54, 1.807) is 30.2 Å². The third-order valence-electron chi connectivity index (χ3n) is 7.35. The van der Waals surface area contributed by atoms with Crippen molar-refractivity contribution < 1.29 is 23.8 Å². The Bertz CT molecular complexity index is 1500. The van der Waals surface area contributed by atoms with Crippen LogP contribution < -0.4 is 14.2 Å². The molecule has 0 saturated carbocycles. The van der Waals surface area contributed by atoms with Crippen LogP contribution in [0.15, 0.2) is 78.9 Å². The highest BCUT2D eigenvalue weighted by Crippen LogP contribution is 2.33. The quantitative estimate of drug-likeness (QED) is 0.328. The second kappa shape index (κ2) is 11.6. The van der Waals surface area contributed by atoms with Gasteiger partial charge in [-0.3, -0.25) is 9.59 Å². The Morgan fingerprint density at radius 3 is 1.88 bits per heavy atom. The Labute approximate surface area is 234 Å². The second-order valence-corrected chi connectivity index (χ2v) is 9.55. The third-order valence-corrected chi connectivity index (χ3v) is 7.35. The summed E-state index contributed by atoms with van der Waals surface area (Å²) in [5.41, 5.74) is 4.71. The predicted molar refractivity (Wildman–Crippen MR) is 154 cm³/mol. The van der Waals surface area contributed by atoms with Crippen LogP contribution in [0.3, 0.4) is 0 Å². The molecule has 1 aliphatic heterocycles. The smallest absolute Gasteiger partial charge is 0.261 e. The maximum Gasteiger partial charge on any atom is 0.261 e. The van der Waals surface area contributed by atoms with E-state index in [9.17, 15) is 9.59 Å². The van der Waals surface area contributed by atoms with Gasteiger partial charge in [0.2, 0.25) is 0 Å². The fourth-order valence-electron chi connectivity index (χ4n) is 5.23. The first kappa shape index (κ1) is 26.9. The van der Waals surface area contributed by atoms with Crippen LogP contribution in [0.2, 0.25) is 0 Å². The van der Waals surface area contributed by atoms with Gasteiger partial charge >= 0.3 is 0 Å². The van der Waals surface area contributed by atoms with E-state index < -0.39 is 0 Å². The van der Waals surface area contributed by atoms with Crippen LogP contribution in [0.4, 0.5) is 0 Å². The number of methoxy groups -OCH3 is 3. The molecule has 206 valence electrons. The van der Waals surface area contributed by atoms with Gasteiger partial charge in [-0.25, -0.2) is 0 Å². The van der Waals surface area contributed by atoms with Crippen LogP contribution in [0.1, 0.15) is 26.4 Å². The van der Waals surface area contributed by atoms with E-state index in [1.165, 1.54) is 14.2 Å². The first-order chi connectivity index (χ1) is 19.5. The van der Waals surface area contributed by atoms with Gasteiger partial charge in [-0.2, -0.15) is 0 Å². The first-order valence-electron chi connectivity index (χ1n) is 13.2. The van der Waals surface area contributed by atoms with E-state index >= 15 is 0 Å². The normalized spacial score (nSPS) is 13.2. The zero-order chi connectivity index (χ0) is 28.2. The minimum absolute atomic E-state index is 0.0571. The van der Waals surface area contributed by atoms with Crippen molar-refractivity contribution in [3.05, 3.63) is 95.7 Å². The summed E-state index contributed by atoms with van der Waals surface area (Å²) in [5, 5.41) is 0. The summed E-state index contributed by atoms with van der Waals surface area (Å²) in [4.78, 5) is 30.8. The zero-order valence-corrected chi connectivity index (χ0v) is 23.2. The number of carbonyl (C=O) groups is 2. The maximum absolute atomic E-state index is 13.9. The number of rotatable bonds is 7. The molecule has 1 aromatic heterocycles. The van der Waals surface area contributed by atoms with E-state index in [-0.39, 0.29) is 11.8 Å². The summed E-state index contributed by atoms with van der Waals surface area (Å²) in [6.07, 6.45) is 0. The van der Waals surface area contributed by atoms with Crippen LogP contribution in [-0.2, 0) is 0 Å². The molecule has 0 unspecified atom stereocenters. The lowest BCUT2D eigenvalue weighted by molar-refractivity contribution is 0.0531. The molecular weight excluding hydrogens is 506 g/mol. The van der Waals surface area contributed by atoms with Gasteiger partial charge in [-0.05, 0) is 42.8 Å². The molecule has 2 heterocycles. The lowest BCUT2D eigenvalue weighted by atomic mass is 10.1. The number of aromatic nitrogens is 1. The fraction of sp³-hybridized carbons (Fsp3) is 0.250. The highest BCUT2D eigenvalue weighted by Gasteiger charge is 2.30. The molecule has 0 radical (unpaired) electrons. The average molecular weight is 540 g/mol. The van der Waals surface area contributed by atoms with Crippen LogP contribution in [0, 0.1) is 6.92 Å². The zero-order valence-electron chi connectivity index (χ0n) is 23.2. The molecule has 0 spiro atoms. The Balaban J connectivity index is 1.41. The van der Waals surface area contributed by atoms with Gasteiger partial charge in [0, 0.05) is 43.6 Å². The lowest BCUT2D eigenvalue weighted by Gasteiger charge is -2.35. The Morgan fingerprint density at radius 1 is 0.675 bits per heavy atom. The summed E-state index contributed by atoms with van der Waals surface area (Å²) in [6, 6.07) is 25.1. The number of benzene rings is 3. The van der Waals surface area contributed by atoms with Gasteiger partial charge in [-0.15, -0.1) is 0 Å². The van der Waals surface area contributed by atoms with Crippen molar-refractivity contribution in [1.29, 1.82) is 0 Å². The molecule has 4 aromatic rings. The second-order valence-electron chi connectivity index (χ2n) is 9.55. The molecule has 1 saturated heterocycles. The topological polar surface area (TPSA) is 73.2 Å². The Morgan fingerprint density at radius 2 is 1.27 bits per heavy atom. The third kappa shape index (κ3) is 5.00. The number of carbonyl (C=O) groups excluding carboxylic acids is 2. The molecule has 5 rings (SSSR count). The van der Waals surface area contributed by atoms with Gasteiger partial charge in [-0.1, -0.05) is 42.5 Å². The van der Waals surface area contributed by atoms with Gasteiger partial charge in [0.05, 0.1) is 32.6 Å². The first-order valence-corrected chi connectivity index (χ1v) is 13.2. The molecule has 3 aromatic carbocycles. The van der Waals surface area contributed by atoms with Crippen molar-refractivity contribution in [3.8, 4) is 34.2 Å². The van der Waals surface area contributed by atoms with Gasteiger partial charge in [0.25, 0.3) is 11.8 Å². The molecule has 40 heavy (non-hydrogen) atoms. The number of nitrogens with zero attached hydrogens (tertiary/aromatic N) is 3. The molecule has 1 aliphatic rings. The van der Waals surface area contributed by atoms with E-state index in [0.29, 0.717) is 48.8 Å². The van der Waals surface area contributed by atoms with E-state index in [4.69, 9.17) is 14.2 Å². The SMILES string of the molecule is COc1cccc(-n2c(-c3ccccc3)cc(C(=O)N3CCN(C(=O)c4c(OC)cccc4OC)CC3)c2C)c1. The van der Waals surface area contributed by atoms with Crippen molar-refractivity contribution >= 4 is 11.8 Å². The van der Waals surface area contributed by atoms with Crippen molar-refractivity contribution in [2.24, 2.45) is 0 Å². The Hall–Kier alpha value is -4.72. The predicted octanol–water partition coefficient (Wildman–Crippen LogP) is 5.08. The number of hydrogen-bond acceptors (Lipinski definition) is 5. The van der Waals surface area contributed by atoms with Crippen LogP contribution in [-0.4, -0.2) is 73.7 Å². The van der Waals surface area contributed by atoms with Crippen molar-refractivity contribution in [3.63, 3.8) is 0 Å². The van der Waals surface area contributed by atoms with Gasteiger partial charge in [0.15, 0.2) is 0 Å². The number of ether oxygens (including phenoxy) is 3. The van der Waals surface area contributed by atoms with E-state index in [2.05, 4.69) is 4.57 Å². The summed E-state index contributed by atoms with van der Waals surface area (Å²) in [7, 11) is 4.71. The van der Waals surface area contributed by atoms with Crippen molar-refractivity contribution in [2.45, 2.75) is 6.92 Å². The largest absolute Gasteiger partial charge is 0.497 e. The lowest BCUT2D eigenvalue weighted by Crippen LogP contribution is -2.50. The summed E-state index contributed by atoms with van der Waals surface area (Å²) < 4.78 is 18.4. The molecule has 8 nitrogen and oxygen atoms in total. The molecule has 2 amide bonds. The average Bonchev–Trinajstić information content (AvgIpc) is 3.37.